The van der Waals surface area contributed by atoms with Gasteiger partial charge in [0.25, 0.3) is 5.91 Å². The van der Waals surface area contributed by atoms with E-state index in [1.165, 1.54) is 31.4 Å². The van der Waals surface area contributed by atoms with Gasteiger partial charge in [0.2, 0.25) is 0 Å². The zero-order valence-corrected chi connectivity index (χ0v) is 13.4. The van der Waals surface area contributed by atoms with Crippen LogP contribution in [0.2, 0.25) is 0 Å². The summed E-state index contributed by atoms with van der Waals surface area (Å²) in [6.45, 7) is 1.81. The van der Waals surface area contributed by atoms with Gasteiger partial charge < -0.3 is 14.8 Å². The van der Waals surface area contributed by atoms with Gasteiger partial charge >= 0.3 is 5.97 Å². The van der Waals surface area contributed by atoms with E-state index in [1.807, 2.05) is 6.92 Å². The van der Waals surface area contributed by atoms with Gasteiger partial charge in [0, 0.05) is 5.69 Å². The first-order valence-electron chi connectivity index (χ1n) is 7.45. The largest absolute Gasteiger partial charge is 0.481 e. The predicted octanol–water partition coefficient (Wildman–Crippen LogP) is 3.41. The molecule has 0 saturated heterocycles. The Morgan fingerprint density at radius 2 is 1.71 bits per heavy atom. The number of hydrogen-bond donors (Lipinski definition) is 1. The maximum absolute atomic E-state index is 12.9. The van der Waals surface area contributed by atoms with Crippen molar-refractivity contribution in [3.63, 3.8) is 0 Å². The molecular weight excluding hydrogens is 313 g/mol. The fourth-order valence-electron chi connectivity index (χ4n) is 2.03. The van der Waals surface area contributed by atoms with Crippen LogP contribution in [0.1, 0.15) is 23.7 Å². The smallest absolute Gasteiger partial charge is 0.337 e. The molecule has 0 fully saturated rings. The second-order valence-electron chi connectivity index (χ2n) is 5.03. The molecule has 0 aliphatic carbocycles. The minimum absolute atomic E-state index is 0.326. The molecule has 2 aromatic rings. The average Bonchev–Trinajstić information content (AvgIpc) is 2.61. The number of amides is 1. The lowest BCUT2D eigenvalue weighted by molar-refractivity contribution is -0.122. The highest BCUT2D eigenvalue weighted by Crippen LogP contribution is 2.16. The summed E-state index contributed by atoms with van der Waals surface area (Å²) in [4.78, 5) is 23.7. The molecule has 2 rings (SSSR count). The normalized spacial score (nSPS) is 11.5. The van der Waals surface area contributed by atoms with E-state index < -0.39 is 12.1 Å². The summed E-state index contributed by atoms with van der Waals surface area (Å²) >= 11 is 0. The molecule has 24 heavy (non-hydrogen) atoms. The van der Waals surface area contributed by atoms with Crippen molar-refractivity contribution in [2.75, 3.05) is 12.4 Å². The molecule has 0 aromatic heterocycles. The fourth-order valence-corrected chi connectivity index (χ4v) is 2.03. The molecule has 0 aliphatic heterocycles. The van der Waals surface area contributed by atoms with Crippen LogP contribution < -0.4 is 10.1 Å². The van der Waals surface area contributed by atoms with Gasteiger partial charge in [0.15, 0.2) is 6.10 Å². The van der Waals surface area contributed by atoms with E-state index in [0.29, 0.717) is 23.4 Å². The number of benzene rings is 2. The van der Waals surface area contributed by atoms with E-state index in [2.05, 4.69) is 10.1 Å². The molecule has 5 nitrogen and oxygen atoms in total. The highest BCUT2D eigenvalue weighted by molar-refractivity contribution is 5.95. The Morgan fingerprint density at radius 3 is 2.25 bits per heavy atom. The average molecular weight is 331 g/mol. The molecule has 0 unspecified atom stereocenters. The summed E-state index contributed by atoms with van der Waals surface area (Å²) < 4.78 is 23.1. The van der Waals surface area contributed by atoms with Crippen molar-refractivity contribution in [2.45, 2.75) is 19.4 Å². The fraction of sp³-hybridized carbons (Fsp3) is 0.222. The third kappa shape index (κ3) is 4.55. The highest BCUT2D eigenvalue weighted by atomic mass is 19.1. The Kier molecular flexibility index (Phi) is 5.89. The van der Waals surface area contributed by atoms with Crippen molar-refractivity contribution in [3.05, 3.63) is 59.9 Å². The van der Waals surface area contributed by atoms with Crippen LogP contribution in [0.3, 0.4) is 0 Å². The van der Waals surface area contributed by atoms with Crippen LogP contribution in [-0.4, -0.2) is 25.1 Å². The molecule has 0 radical (unpaired) electrons. The second kappa shape index (κ2) is 8.10. The third-order valence-corrected chi connectivity index (χ3v) is 3.33. The van der Waals surface area contributed by atoms with E-state index in [1.54, 1.807) is 24.3 Å². The minimum atomic E-state index is -0.712. The molecule has 0 saturated carbocycles. The predicted molar refractivity (Wildman–Crippen MR) is 87.5 cm³/mol. The van der Waals surface area contributed by atoms with Gasteiger partial charge in [-0.1, -0.05) is 6.92 Å². The number of methoxy groups -OCH3 is 1. The quantitative estimate of drug-likeness (QED) is 0.824. The molecule has 0 heterocycles. The van der Waals surface area contributed by atoms with E-state index in [-0.39, 0.29) is 11.7 Å². The Bertz CT molecular complexity index is 698. The SMILES string of the molecule is CC[C@H](Oc1ccc(F)cc1)C(=O)Nc1ccc(C(=O)OC)cc1. The lowest BCUT2D eigenvalue weighted by atomic mass is 10.2. The van der Waals surface area contributed by atoms with Gasteiger partial charge in [0.05, 0.1) is 12.7 Å². The zero-order chi connectivity index (χ0) is 17.5. The maximum Gasteiger partial charge on any atom is 0.337 e. The number of carbonyl (C=O) groups is 2. The summed E-state index contributed by atoms with van der Waals surface area (Å²) in [6.07, 6.45) is -0.264. The summed E-state index contributed by atoms with van der Waals surface area (Å²) in [6, 6.07) is 11.8. The summed E-state index contributed by atoms with van der Waals surface area (Å²) in [7, 11) is 1.30. The standard InChI is InChI=1S/C18H18FNO4/c1-3-16(24-15-10-6-13(19)7-11-15)17(21)20-14-8-4-12(5-9-14)18(22)23-2/h4-11,16H,3H2,1-2H3,(H,20,21)/t16-/m0/s1. The highest BCUT2D eigenvalue weighted by Gasteiger charge is 2.18. The van der Waals surface area contributed by atoms with Gasteiger partial charge in [-0.05, 0) is 55.0 Å². The van der Waals surface area contributed by atoms with Crippen LogP contribution in [0.25, 0.3) is 0 Å². The Balaban J connectivity index is 2.00. The van der Waals surface area contributed by atoms with Crippen molar-refractivity contribution < 1.29 is 23.5 Å². The van der Waals surface area contributed by atoms with Gasteiger partial charge in [-0.2, -0.15) is 0 Å². The van der Waals surface area contributed by atoms with Crippen LogP contribution >= 0.6 is 0 Å². The number of nitrogens with one attached hydrogen (secondary N) is 1. The molecular formula is C18H18FNO4. The molecule has 2 aromatic carbocycles. The molecule has 126 valence electrons. The van der Waals surface area contributed by atoms with Gasteiger partial charge in [0.1, 0.15) is 11.6 Å². The molecule has 0 spiro atoms. The van der Waals surface area contributed by atoms with Crippen molar-refractivity contribution in [3.8, 4) is 5.75 Å². The number of hydrogen-bond acceptors (Lipinski definition) is 4. The van der Waals surface area contributed by atoms with E-state index in [4.69, 9.17) is 4.74 Å². The molecule has 0 aliphatic rings. The van der Waals surface area contributed by atoms with E-state index in [9.17, 15) is 14.0 Å². The first-order chi connectivity index (χ1) is 11.5. The first kappa shape index (κ1) is 17.5. The molecule has 1 amide bonds. The number of carbonyl (C=O) groups excluding carboxylic acids is 2. The maximum atomic E-state index is 12.9. The topological polar surface area (TPSA) is 64.6 Å². The van der Waals surface area contributed by atoms with E-state index >= 15 is 0 Å². The number of halogens is 1. The summed E-state index contributed by atoms with van der Waals surface area (Å²) in [5, 5.41) is 2.72. The molecule has 1 atom stereocenters. The number of esters is 1. The number of rotatable bonds is 6. The van der Waals surface area contributed by atoms with Crippen molar-refractivity contribution in [1.82, 2.24) is 0 Å². The third-order valence-electron chi connectivity index (χ3n) is 3.33. The zero-order valence-electron chi connectivity index (χ0n) is 13.4. The minimum Gasteiger partial charge on any atom is -0.481 e. The number of anilines is 1. The van der Waals surface area contributed by atoms with Crippen molar-refractivity contribution in [1.29, 1.82) is 0 Å². The van der Waals surface area contributed by atoms with Crippen molar-refractivity contribution in [2.24, 2.45) is 0 Å². The second-order valence-corrected chi connectivity index (χ2v) is 5.03. The lowest BCUT2D eigenvalue weighted by Crippen LogP contribution is -2.32. The molecule has 1 N–H and O–H groups in total. The Hall–Kier alpha value is -2.89. The Morgan fingerprint density at radius 1 is 1.08 bits per heavy atom. The first-order valence-corrected chi connectivity index (χ1v) is 7.45. The van der Waals surface area contributed by atoms with Gasteiger partial charge in [-0.3, -0.25) is 4.79 Å². The monoisotopic (exact) mass is 331 g/mol. The Labute approximate surface area is 139 Å². The summed E-state index contributed by atoms with van der Waals surface area (Å²) in [5.74, 6) is -0.725. The van der Waals surface area contributed by atoms with E-state index in [0.717, 1.165) is 0 Å². The van der Waals surface area contributed by atoms with Gasteiger partial charge in [-0.25, -0.2) is 9.18 Å². The van der Waals surface area contributed by atoms with Crippen LogP contribution in [0.5, 0.6) is 5.75 Å². The van der Waals surface area contributed by atoms with Crippen molar-refractivity contribution >= 4 is 17.6 Å². The lowest BCUT2D eigenvalue weighted by Gasteiger charge is -2.17. The van der Waals surface area contributed by atoms with Crippen LogP contribution in [0.15, 0.2) is 48.5 Å². The number of ether oxygens (including phenoxy) is 2. The van der Waals surface area contributed by atoms with Crippen LogP contribution in [0, 0.1) is 5.82 Å². The van der Waals surface area contributed by atoms with Crippen LogP contribution in [-0.2, 0) is 9.53 Å². The van der Waals surface area contributed by atoms with Crippen LogP contribution in [0.4, 0.5) is 10.1 Å². The molecule has 0 bridgehead atoms. The molecule has 6 heteroatoms. The van der Waals surface area contributed by atoms with Gasteiger partial charge in [-0.15, -0.1) is 0 Å². The summed E-state index contributed by atoms with van der Waals surface area (Å²) in [5.41, 5.74) is 0.930.